The van der Waals surface area contributed by atoms with Crippen molar-refractivity contribution in [3.8, 4) is 0 Å². The van der Waals surface area contributed by atoms with Crippen LogP contribution in [0.25, 0.3) is 11.0 Å². The molecule has 10 nitrogen and oxygen atoms in total. The first kappa shape index (κ1) is 21.3. The first-order valence-corrected chi connectivity index (χ1v) is 9.63. The van der Waals surface area contributed by atoms with E-state index in [0.29, 0.717) is 23.3 Å². The first-order valence-electron chi connectivity index (χ1n) is 9.63. The summed E-state index contributed by atoms with van der Waals surface area (Å²) in [6.07, 6.45) is -0.655. The van der Waals surface area contributed by atoms with Gasteiger partial charge in [0.25, 0.3) is 11.6 Å². The van der Waals surface area contributed by atoms with E-state index in [1.807, 2.05) is 36.1 Å². The number of nitro groups is 1. The Morgan fingerprint density at radius 1 is 1.23 bits per heavy atom. The average molecular weight is 412 g/mol. The van der Waals surface area contributed by atoms with Gasteiger partial charge in [-0.1, -0.05) is 0 Å². The van der Waals surface area contributed by atoms with E-state index in [9.17, 15) is 15.2 Å². The summed E-state index contributed by atoms with van der Waals surface area (Å²) < 4.78 is 1.68. The number of aromatic nitrogens is 2. The molecule has 2 N–H and O–H groups in total. The van der Waals surface area contributed by atoms with E-state index < -0.39 is 11.0 Å². The van der Waals surface area contributed by atoms with E-state index >= 15 is 0 Å². The molecular weight excluding hydrogens is 388 g/mol. The highest BCUT2D eigenvalue weighted by atomic mass is 16.6. The Balaban J connectivity index is 1.91. The Labute approximate surface area is 173 Å². The lowest BCUT2D eigenvalue weighted by Gasteiger charge is -2.21. The molecule has 0 aliphatic carbocycles. The number of benzene rings is 2. The highest BCUT2D eigenvalue weighted by Crippen LogP contribution is 2.28. The van der Waals surface area contributed by atoms with Gasteiger partial charge in [-0.15, -0.1) is 10.2 Å². The number of anilines is 1. The van der Waals surface area contributed by atoms with Crippen LogP contribution >= 0.6 is 0 Å². The second kappa shape index (κ2) is 9.42. The van der Waals surface area contributed by atoms with Crippen LogP contribution in [0.15, 0.2) is 52.7 Å². The van der Waals surface area contributed by atoms with Gasteiger partial charge in [-0.2, -0.15) is 0 Å². The van der Waals surface area contributed by atoms with Crippen molar-refractivity contribution < 1.29 is 15.1 Å². The summed E-state index contributed by atoms with van der Waals surface area (Å²) in [5.41, 5.74) is 2.57. The minimum Gasteiger partial charge on any atom is -0.395 e. The molecule has 0 amide bonds. The lowest BCUT2D eigenvalue weighted by Crippen LogP contribution is -2.25. The number of nitro benzene ring substituents is 1. The number of likely N-dealkylation sites (N-methyl/N-ethyl adjacent to an activating group) is 1. The second-order valence-electron chi connectivity index (χ2n) is 6.82. The third-order valence-corrected chi connectivity index (χ3v) is 4.59. The molecule has 0 radical (unpaired) electrons. The van der Waals surface area contributed by atoms with Gasteiger partial charge in [-0.25, -0.2) is 4.98 Å². The van der Waals surface area contributed by atoms with Crippen LogP contribution in [-0.2, 0) is 6.54 Å². The van der Waals surface area contributed by atoms with Crippen molar-refractivity contribution >= 4 is 34.0 Å². The molecule has 2 aromatic carbocycles. The molecule has 0 aliphatic heterocycles. The monoisotopic (exact) mass is 412 g/mol. The van der Waals surface area contributed by atoms with Crippen LogP contribution in [0.4, 0.5) is 23.0 Å². The Morgan fingerprint density at radius 3 is 2.57 bits per heavy atom. The number of imidazole rings is 1. The number of aliphatic hydroxyl groups is 2. The van der Waals surface area contributed by atoms with E-state index in [0.717, 1.165) is 12.2 Å². The van der Waals surface area contributed by atoms with Crippen LogP contribution in [0.3, 0.4) is 0 Å². The molecule has 0 fully saturated rings. The first-order chi connectivity index (χ1) is 14.4. The smallest absolute Gasteiger partial charge is 0.271 e. The van der Waals surface area contributed by atoms with Crippen molar-refractivity contribution in [3.05, 3.63) is 52.6 Å². The largest absolute Gasteiger partial charge is 0.395 e. The number of aliphatic hydroxyl groups excluding tert-OH is 2. The van der Waals surface area contributed by atoms with Gasteiger partial charge < -0.3 is 19.7 Å². The Kier molecular flexibility index (Phi) is 6.70. The molecule has 0 aliphatic rings. The number of hydrogen-bond acceptors (Lipinski definition) is 8. The number of rotatable bonds is 9. The lowest BCUT2D eigenvalue weighted by atomic mass is 10.2. The summed E-state index contributed by atoms with van der Waals surface area (Å²) in [7, 11) is 0. The maximum Gasteiger partial charge on any atom is 0.271 e. The lowest BCUT2D eigenvalue weighted by molar-refractivity contribution is -0.384. The van der Waals surface area contributed by atoms with E-state index in [1.165, 1.54) is 12.1 Å². The molecule has 30 heavy (non-hydrogen) atoms. The van der Waals surface area contributed by atoms with E-state index in [4.69, 9.17) is 5.11 Å². The maximum absolute atomic E-state index is 11.0. The third-order valence-electron chi connectivity index (χ3n) is 4.59. The summed E-state index contributed by atoms with van der Waals surface area (Å²) in [4.78, 5) is 17.0. The van der Waals surface area contributed by atoms with Crippen LogP contribution < -0.4 is 4.90 Å². The van der Waals surface area contributed by atoms with Crippen molar-refractivity contribution in [2.45, 2.75) is 26.5 Å². The molecule has 0 saturated heterocycles. The predicted octanol–water partition coefficient (Wildman–Crippen LogP) is 3.56. The van der Waals surface area contributed by atoms with Gasteiger partial charge in [0.1, 0.15) is 0 Å². The molecule has 1 aromatic heterocycles. The number of fused-ring (bicyclic) bond motifs is 1. The Hall–Kier alpha value is -3.37. The minimum absolute atomic E-state index is 0.0633. The van der Waals surface area contributed by atoms with Gasteiger partial charge in [0.15, 0.2) is 0 Å². The van der Waals surface area contributed by atoms with Crippen LogP contribution in [-0.4, -0.2) is 50.5 Å². The third kappa shape index (κ3) is 4.78. The summed E-state index contributed by atoms with van der Waals surface area (Å²) in [6.45, 7) is 5.29. The topological polar surface area (TPSA) is 129 Å². The zero-order valence-corrected chi connectivity index (χ0v) is 16.8. The number of nitrogens with zero attached hydrogens (tertiary/aromatic N) is 6. The minimum atomic E-state index is -0.655. The van der Waals surface area contributed by atoms with Crippen LogP contribution in [0.5, 0.6) is 0 Å². The molecular formula is C20H24N6O4. The van der Waals surface area contributed by atoms with Crippen LogP contribution in [0.1, 0.15) is 13.8 Å². The molecule has 1 heterocycles. The average Bonchev–Trinajstić information content (AvgIpc) is 3.07. The van der Waals surface area contributed by atoms with Crippen molar-refractivity contribution in [2.24, 2.45) is 10.2 Å². The molecule has 3 rings (SSSR count). The second-order valence-corrected chi connectivity index (χ2v) is 6.82. The Morgan fingerprint density at radius 2 is 1.97 bits per heavy atom. The SMILES string of the molecule is CCN(CCO)c1ccc(N=Nc2nc3cc([N+](=O)[O-])ccc3n2CC(C)O)cc1. The van der Waals surface area contributed by atoms with Gasteiger partial charge in [-0.3, -0.25) is 10.1 Å². The van der Waals surface area contributed by atoms with Crippen molar-refractivity contribution in [1.29, 1.82) is 0 Å². The standard InChI is InChI=1S/C20H24N6O4/c1-3-24(10-11-27)16-6-4-15(5-7-16)22-23-20-21-18-12-17(26(29)30)8-9-19(18)25(20)13-14(2)28/h4-9,12,14,27-28H,3,10-11,13H2,1-2H3. The number of hydrogen-bond donors (Lipinski definition) is 2. The Bertz CT molecular complexity index is 1050. The fourth-order valence-electron chi connectivity index (χ4n) is 3.16. The highest BCUT2D eigenvalue weighted by molar-refractivity contribution is 5.80. The van der Waals surface area contributed by atoms with E-state index in [-0.39, 0.29) is 24.8 Å². The number of non-ortho nitro benzene ring substituents is 1. The zero-order chi connectivity index (χ0) is 21.7. The fraction of sp³-hybridized carbons (Fsp3) is 0.350. The molecule has 10 heteroatoms. The summed E-state index contributed by atoms with van der Waals surface area (Å²) >= 11 is 0. The summed E-state index contributed by atoms with van der Waals surface area (Å²) in [5, 5.41) is 38.5. The van der Waals surface area contributed by atoms with Crippen molar-refractivity contribution in [1.82, 2.24) is 9.55 Å². The van der Waals surface area contributed by atoms with E-state index in [2.05, 4.69) is 15.2 Å². The van der Waals surface area contributed by atoms with Gasteiger partial charge >= 0.3 is 0 Å². The molecule has 3 aromatic rings. The quantitative estimate of drug-likeness (QED) is 0.314. The molecule has 0 spiro atoms. The highest BCUT2D eigenvalue weighted by Gasteiger charge is 2.16. The van der Waals surface area contributed by atoms with Gasteiger partial charge in [-0.05, 0) is 44.2 Å². The molecule has 158 valence electrons. The molecule has 0 saturated carbocycles. The zero-order valence-electron chi connectivity index (χ0n) is 16.8. The van der Waals surface area contributed by atoms with Crippen molar-refractivity contribution in [2.75, 3.05) is 24.6 Å². The molecule has 1 unspecified atom stereocenters. The van der Waals surface area contributed by atoms with Crippen molar-refractivity contribution in [3.63, 3.8) is 0 Å². The van der Waals surface area contributed by atoms with E-state index in [1.54, 1.807) is 17.6 Å². The van der Waals surface area contributed by atoms with Gasteiger partial charge in [0.2, 0.25) is 0 Å². The maximum atomic E-state index is 11.0. The number of azo groups is 1. The predicted molar refractivity (Wildman–Crippen MR) is 114 cm³/mol. The van der Waals surface area contributed by atoms with Gasteiger partial charge in [0.05, 0.1) is 40.9 Å². The summed E-state index contributed by atoms with van der Waals surface area (Å²) in [6, 6.07) is 11.8. The molecule has 1 atom stereocenters. The normalized spacial score (nSPS) is 12.5. The van der Waals surface area contributed by atoms with Gasteiger partial charge in [0, 0.05) is 30.9 Å². The summed E-state index contributed by atoms with van der Waals surface area (Å²) in [5.74, 6) is 0.255. The van der Waals surface area contributed by atoms with Crippen LogP contribution in [0.2, 0.25) is 0 Å². The fourth-order valence-corrected chi connectivity index (χ4v) is 3.16. The molecule has 0 bridgehead atoms. The van der Waals surface area contributed by atoms with Crippen LogP contribution in [0, 0.1) is 10.1 Å².